The zero-order valence-electron chi connectivity index (χ0n) is 8.69. The van der Waals surface area contributed by atoms with E-state index in [0.29, 0.717) is 19.6 Å². The molecular formula is C9H16N2O3S. The minimum Gasteiger partial charge on any atom is -0.468 e. The first-order chi connectivity index (χ1) is 7.14. The van der Waals surface area contributed by atoms with Gasteiger partial charge in [-0.05, 0) is 12.1 Å². The minimum absolute atomic E-state index is 0.0849. The van der Waals surface area contributed by atoms with Gasteiger partial charge in [0.2, 0.25) is 10.0 Å². The van der Waals surface area contributed by atoms with Crippen molar-refractivity contribution in [1.29, 1.82) is 0 Å². The number of hydrogen-bond donors (Lipinski definition) is 2. The number of furan rings is 1. The van der Waals surface area contributed by atoms with Crippen molar-refractivity contribution in [2.75, 3.05) is 18.8 Å². The third kappa shape index (κ3) is 4.96. The monoisotopic (exact) mass is 232 g/mol. The molecule has 6 heteroatoms. The summed E-state index contributed by atoms with van der Waals surface area (Å²) >= 11 is 0. The first-order valence-electron chi connectivity index (χ1n) is 4.84. The Morgan fingerprint density at radius 2 is 2.27 bits per heavy atom. The lowest BCUT2D eigenvalue weighted by molar-refractivity contribution is 0.486. The average molecular weight is 232 g/mol. The van der Waals surface area contributed by atoms with Gasteiger partial charge in [0.05, 0.1) is 18.6 Å². The van der Waals surface area contributed by atoms with Gasteiger partial charge in [-0.25, -0.2) is 13.1 Å². The summed E-state index contributed by atoms with van der Waals surface area (Å²) < 4.78 is 29.9. The average Bonchev–Trinajstić information content (AvgIpc) is 2.65. The van der Waals surface area contributed by atoms with Crippen LogP contribution >= 0.6 is 0 Å². The van der Waals surface area contributed by atoms with E-state index in [0.717, 1.165) is 5.76 Å². The van der Waals surface area contributed by atoms with Crippen LogP contribution in [0.2, 0.25) is 0 Å². The van der Waals surface area contributed by atoms with E-state index in [2.05, 4.69) is 10.0 Å². The molecule has 1 rings (SSSR count). The largest absolute Gasteiger partial charge is 0.468 e. The summed E-state index contributed by atoms with van der Waals surface area (Å²) in [4.78, 5) is 0. The predicted molar refractivity (Wildman–Crippen MR) is 57.9 cm³/mol. The number of hydrogen-bond acceptors (Lipinski definition) is 4. The van der Waals surface area contributed by atoms with Crippen molar-refractivity contribution in [3.05, 3.63) is 24.2 Å². The zero-order valence-corrected chi connectivity index (χ0v) is 9.51. The van der Waals surface area contributed by atoms with Crippen LogP contribution in [0, 0.1) is 0 Å². The van der Waals surface area contributed by atoms with Gasteiger partial charge in [0.1, 0.15) is 5.76 Å². The fourth-order valence-electron chi connectivity index (χ4n) is 1.12. The van der Waals surface area contributed by atoms with E-state index in [1.165, 1.54) is 0 Å². The van der Waals surface area contributed by atoms with Crippen LogP contribution in [0.15, 0.2) is 22.8 Å². The van der Waals surface area contributed by atoms with Gasteiger partial charge in [0.15, 0.2) is 0 Å². The Hall–Kier alpha value is -0.850. The van der Waals surface area contributed by atoms with E-state index < -0.39 is 10.0 Å². The molecule has 0 saturated carbocycles. The molecule has 0 atom stereocenters. The fraction of sp³-hybridized carbons (Fsp3) is 0.556. The molecule has 1 heterocycles. The molecule has 2 N–H and O–H groups in total. The Morgan fingerprint density at radius 1 is 1.47 bits per heavy atom. The molecule has 0 unspecified atom stereocenters. The topological polar surface area (TPSA) is 71.3 Å². The van der Waals surface area contributed by atoms with E-state index in [-0.39, 0.29) is 5.75 Å². The third-order valence-corrected chi connectivity index (χ3v) is 3.26. The molecule has 0 aliphatic carbocycles. The molecule has 0 aliphatic heterocycles. The van der Waals surface area contributed by atoms with Gasteiger partial charge in [-0.15, -0.1) is 0 Å². The number of sulfonamides is 1. The summed E-state index contributed by atoms with van der Waals surface area (Å²) in [6, 6.07) is 3.64. The molecule has 0 fully saturated rings. The predicted octanol–water partition coefficient (Wildman–Crippen LogP) is 0.309. The Morgan fingerprint density at radius 3 is 2.87 bits per heavy atom. The van der Waals surface area contributed by atoms with E-state index in [1.807, 2.05) is 6.07 Å². The summed E-state index contributed by atoms with van der Waals surface area (Å²) in [7, 11) is -3.12. The lowest BCUT2D eigenvalue weighted by atomic mass is 10.4. The van der Waals surface area contributed by atoms with E-state index in [4.69, 9.17) is 4.42 Å². The highest BCUT2D eigenvalue weighted by atomic mass is 32.2. The van der Waals surface area contributed by atoms with Crippen molar-refractivity contribution in [3.8, 4) is 0 Å². The number of rotatable bonds is 7. The van der Waals surface area contributed by atoms with E-state index >= 15 is 0 Å². The van der Waals surface area contributed by atoms with Crippen molar-refractivity contribution >= 4 is 10.0 Å². The van der Waals surface area contributed by atoms with Crippen molar-refractivity contribution in [1.82, 2.24) is 10.0 Å². The highest BCUT2D eigenvalue weighted by Gasteiger charge is 2.07. The highest BCUT2D eigenvalue weighted by Crippen LogP contribution is 1.97. The summed E-state index contributed by atoms with van der Waals surface area (Å²) in [6.45, 7) is 3.15. The Balaban J connectivity index is 2.17. The van der Waals surface area contributed by atoms with E-state index in [1.54, 1.807) is 19.3 Å². The Bertz CT molecular complexity index is 359. The van der Waals surface area contributed by atoms with Gasteiger partial charge in [-0.1, -0.05) is 6.92 Å². The van der Waals surface area contributed by atoms with Gasteiger partial charge >= 0.3 is 0 Å². The molecule has 86 valence electrons. The first-order valence-corrected chi connectivity index (χ1v) is 6.49. The van der Waals surface area contributed by atoms with Gasteiger partial charge < -0.3 is 9.73 Å². The van der Waals surface area contributed by atoms with Crippen LogP contribution in [0.4, 0.5) is 0 Å². The van der Waals surface area contributed by atoms with Crippen LogP contribution in [0.1, 0.15) is 12.7 Å². The van der Waals surface area contributed by atoms with Crippen LogP contribution in [0.5, 0.6) is 0 Å². The van der Waals surface area contributed by atoms with Crippen LogP contribution < -0.4 is 10.0 Å². The second kappa shape index (κ2) is 5.89. The normalized spacial score (nSPS) is 11.8. The third-order valence-electron chi connectivity index (χ3n) is 1.79. The van der Waals surface area contributed by atoms with Crippen molar-refractivity contribution in [2.24, 2.45) is 0 Å². The molecule has 0 amide bonds. The maximum atomic E-state index is 11.2. The van der Waals surface area contributed by atoms with Crippen molar-refractivity contribution in [3.63, 3.8) is 0 Å². The molecule has 0 bridgehead atoms. The first kappa shape index (κ1) is 12.2. The highest BCUT2D eigenvalue weighted by molar-refractivity contribution is 7.89. The standard InChI is InChI=1S/C9H16N2O3S/c1-2-11-15(12,13)7-5-10-8-9-4-3-6-14-9/h3-4,6,10-11H,2,5,7-8H2,1H3. The molecule has 0 aromatic carbocycles. The van der Waals surface area contributed by atoms with Crippen molar-refractivity contribution < 1.29 is 12.8 Å². The van der Waals surface area contributed by atoms with Crippen LogP contribution in [0.25, 0.3) is 0 Å². The second-order valence-electron chi connectivity index (χ2n) is 3.07. The zero-order chi connectivity index (χ0) is 11.1. The molecule has 0 aliphatic rings. The second-order valence-corrected chi connectivity index (χ2v) is 5.00. The van der Waals surface area contributed by atoms with Crippen LogP contribution in [0.3, 0.4) is 0 Å². The quantitative estimate of drug-likeness (QED) is 0.664. The molecule has 0 saturated heterocycles. The lowest BCUT2D eigenvalue weighted by Gasteiger charge is -2.04. The summed E-state index contributed by atoms with van der Waals surface area (Å²) in [6.07, 6.45) is 1.59. The SMILES string of the molecule is CCNS(=O)(=O)CCNCc1ccco1. The molecular weight excluding hydrogens is 216 g/mol. The maximum absolute atomic E-state index is 11.2. The molecule has 15 heavy (non-hydrogen) atoms. The molecule has 5 nitrogen and oxygen atoms in total. The maximum Gasteiger partial charge on any atom is 0.212 e. The van der Waals surface area contributed by atoms with Gasteiger partial charge in [0, 0.05) is 13.1 Å². The smallest absolute Gasteiger partial charge is 0.212 e. The Labute approximate surface area is 89.9 Å². The minimum atomic E-state index is -3.12. The van der Waals surface area contributed by atoms with Gasteiger partial charge in [-0.2, -0.15) is 0 Å². The van der Waals surface area contributed by atoms with Gasteiger partial charge in [0.25, 0.3) is 0 Å². The summed E-state index contributed by atoms with van der Waals surface area (Å²) in [5, 5.41) is 2.99. The van der Waals surface area contributed by atoms with Crippen LogP contribution in [-0.2, 0) is 16.6 Å². The van der Waals surface area contributed by atoms with Crippen molar-refractivity contribution in [2.45, 2.75) is 13.5 Å². The molecule has 1 aromatic heterocycles. The molecule has 1 aromatic rings. The van der Waals surface area contributed by atoms with E-state index in [9.17, 15) is 8.42 Å². The summed E-state index contributed by atoms with van der Waals surface area (Å²) in [5.41, 5.74) is 0. The molecule has 0 radical (unpaired) electrons. The fourth-order valence-corrected chi connectivity index (χ4v) is 2.12. The summed E-state index contributed by atoms with van der Waals surface area (Å²) in [5.74, 6) is 0.887. The van der Waals surface area contributed by atoms with Gasteiger partial charge in [-0.3, -0.25) is 0 Å². The number of nitrogens with one attached hydrogen (secondary N) is 2. The lowest BCUT2D eigenvalue weighted by Crippen LogP contribution is -2.31. The Kier molecular flexibility index (Phi) is 4.80. The molecule has 0 spiro atoms. The van der Waals surface area contributed by atoms with Crippen LogP contribution in [-0.4, -0.2) is 27.3 Å².